The van der Waals surface area contributed by atoms with Crippen LogP contribution >= 0.6 is 22.6 Å². The van der Waals surface area contributed by atoms with Crippen LogP contribution in [-0.4, -0.2) is 31.8 Å². The second-order valence-electron chi connectivity index (χ2n) is 8.08. The number of amides is 1. The highest BCUT2D eigenvalue weighted by atomic mass is 127. The molecular formula is C27H27FIN3O3. The molecule has 0 aliphatic carbocycles. The maximum Gasteiger partial charge on any atom is 0.271 e. The molecule has 3 aromatic carbocycles. The summed E-state index contributed by atoms with van der Waals surface area (Å²) in [6.07, 6.45) is 3.97. The molecule has 1 N–H and O–H groups in total. The molecule has 6 nitrogen and oxygen atoms in total. The average molecular weight is 587 g/mol. The van der Waals surface area contributed by atoms with Crippen LogP contribution < -0.4 is 19.8 Å². The Morgan fingerprint density at radius 1 is 1.11 bits per heavy atom. The van der Waals surface area contributed by atoms with Crippen molar-refractivity contribution in [1.29, 1.82) is 0 Å². The predicted octanol–water partition coefficient (Wildman–Crippen LogP) is 5.77. The van der Waals surface area contributed by atoms with Crippen molar-refractivity contribution in [3.8, 4) is 11.5 Å². The summed E-state index contributed by atoms with van der Waals surface area (Å²) in [6.45, 7) is 4.53. The van der Waals surface area contributed by atoms with Gasteiger partial charge in [0.05, 0.1) is 16.4 Å². The molecule has 1 aliphatic heterocycles. The van der Waals surface area contributed by atoms with Crippen LogP contribution in [0, 0.1) is 9.39 Å². The van der Waals surface area contributed by atoms with Crippen molar-refractivity contribution < 1.29 is 18.7 Å². The second-order valence-corrected chi connectivity index (χ2v) is 9.25. The zero-order chi connectivity index (χ0) is 24.6. The third-order valence-corrected chi connectivity index (χ3v) is 6.44. The monoisotopic (exact) mass is 587 g/mol. The van der Waals surface area contributed by atoms with Crippen LogP contribution in [0.1, 0.15) is 41.3 Å². The molecule has 0 unspecified atom stereocenters. The van der Waals surface area contributed by atoms with Gasteiger partial charge in [-0.3, -0.25) is 4.79 Å². The Labute approximate surface area is 218 Å². The average Bonchev–Trinajstić information content (AvgIpc) is 3.40. The third kappa shape index (κ3) is 6.50. The molecule has 0 saturated carbocycles. The smallest absolute Gasteiger partial charge is 0.271 e. The summed E-state index contributed by atoms with van der Waals surface area (Å²) in [5.41, 5.74) is 5.46. The van der Waals surface area contributed by atoms with E-state index in [0.29, 0.717) is 29.2 Å². The SMILES string of the molecule is CCOc1cc(/C=N\NC(=O)c2ccc(N3CCCC3)cc2)cc(I)c1OCc1ccccc1F. The van der Waals surface area contributed by atoms with Crippen LogP contribution in [0.25, 0.3) is 0 Å². The summed E-state index contributed by atoms with van der Waals surface area (Å²) in [4.78, 5) is 14.8. The highest BCUT2D eigenvalue weighted by Gasteiger charge is 2.14. The zero-order valence-electron chi connectivity index (χ0n) is 19.5. The standard InChI is InChI=1S/C27H27FIN3O3/c1-2-34-25-16-19(15-24(29)26(25)35-18-21-7-3-4-8-23(21)28)17-30-31-27(33)20-9-11-22(12-10-20)32-13-5-6-14-32/h3-4,7-12,15-17H,2,5-6,13-14,18H2,1H3,(H,31,33)/b30-17-. The molecular weight excluding hydrogens is 560 g/mol. The van der Waals surface area contributed by atoms with E-state index in [2.05, 4.69) is 38.0 Å². The first-order chi connectivity index (χ1) is 17.0. The first kappa shape index (κ1) is 25.0. The summed E-state index contributed by atoms with van der Waals surface area (Å²) in [6, 6.07) is 17.7. The molecule has 1 heterocycles. The normalized spacial score (nSPS) is 13.3. The van der Waals surface area contributed by atoms with Crippen molar-refractivity contribution in [1.82, 2.24) is 5.43 Å². The van der Waals surface area contributed by atoms with Crippen LogP contribution in [0.2, 0.25) is 0 Å². The maximum absolute atomic E-state index is 14.0. The number of hydrogen-bond acceptors (Lipinski definition) is 5. The second kappa shape index (κ2) is 12.0. The van der Waals surface area contributed by atoms with Gasteiger partial charge in [-0.2, -0.15) is 5.10 Å². The van der Waals surface area contributed by atoms with Gasteiger partial charge in [-0.25, -0.2) is 9.82 Å². The van der Waals surface area contributed by atoms with Crippen molar-refractivity contribution in [2.24, 2.45) is 5.10 Å². The van der Waals surface area contributed by atoms with Crippen molar-refractivity contribution in [3.63, 3.8) is 0 Å². The van der Waals surface area contributed by atoms with Gasteiger partial charge in [0.2, 0.25) is 0 Å². The Bertz CT molecular complexity index is 1190. The van der Waals surface area contributed by atoms with Crippen molar-refractivity contribution in [3.05, 3.63) is 86.7 Å². The molecule has 0 atom stereocenters. The summed E-state index contributed by atoms with van der Waals surface area (Å²) < 4.78 is 26.4. The summed E-state index contributed by atoms with van der Waals surface area (Å²) in [5, 5.41) is 4.11. The Morgan fingerprint density at radius 3 is 2.57 bits per heavy atom. The molecule has 182 valence electrons. The molecule has 1 aliphatic rings. The van der Waals surface area contributed by atoms with E-state index in [1.54, 1.807) is 30.5 Å². The summed E-state index contributed by atoms with van der Waals surface area (Å²) in [5.74, 6) is 0.473. The van der Waals surface area contributed by atoms with Gasteiger partial charge >= 0.3 is 0 Å². The molecule has 4 rings (SSSR count). The number of rotatable bonds is 9. The number of ether oxygens (including phenoxy) is 2. The fourth-order valence-corrected chi connectivity index (χ4v) is 4.64. The van der Waals surface area contributed by atoms with Gasteiger partial charge in [-0.15, -0.1) is 0 Å². The van der Waals surface area contributed by atoms with Crippen LogP contribution in [0.4, 0.5) is 10.1 Å². The lowest BCUT2D eigenvalue weighted by atomic mass is 10.2. The van der Waals surface area contributed by atoms with Gasteiger partial charge in [0.25, 0.3) is 5.91 Å². The van der Waals surface area contributed by atoms with Gasteiger partial charge in [0.1, 0.15) is 12.4 Å². The van der Waals surface area contributed by atoms with Gasteiger partial charge in [0.15, 0.2) is 11.5 Å². The molecule has 8 heteroatoms. The summed E-state index contributed by atoms with van der Waals surface area (Å²) >= 11 is 2.14. The lowest BCUT2D eigenvalue weighted by Gasteiger charge is -2.17. The number of hydrazone groups is 1. The quantitative estimate of drug-likeness (QED) is 0.196. The van der Waals surface area contributed by atoms with Gasteiger partial charge in [-0.1, -0.05) is 18.2 Å². The van der Waals surface area contributed by atoms with Gasteiger partial charge in [-0.05, 0) is 90.4 Å². The Balaban J connectivity index is 1.41. The van der Waals surface area contributed by atoms with E-state index in [-0.39, 0.29) is 18.3 Å². The Hall–Kier alpha value is -3.14. The number of nitrogens with one attached hydrogen (secondary N) is 1. The number of carbonyl (C=O) groups is 1. The lowest BCUT2D eigenvalue weighted by molar-refractivity contribution is 0.0955. The van der Waals surface area contributed by atoms with E-state index in [1.807, 2.05) is 37.3 Å². The highest BCUT2D eigenvalue weighted by Crippen LogP contribution is 2.34. The Kier molecular flexibility index (Phi) is 8.57. The van der Waals surface area contributed by atoms with E-state index >= 15 is 0 Å². The third-order valence-electron chi connectivity index (χ3n) is 5.64. The molecule has 3 aromatic rings. The number of hydrogen-bond donors (Lipinski definition) is 1. The Morgan fingerprint density at radius 2 is 1.86 bits per heavy atom. The number of benzene rings is 3. The number of anilines is 1. The molecule has 1 amide bonds. The molecule has 1 fully saturated rings. The number of halogens is 2. The first-order valence-electron chi connectivity index (χ1n) is 11.6. The minimum absolute atomic E-state index is 0.0861. The van der Waals surface area contributed by atoms with E-state index in [1.165, 1.54) is 18.9 Å². The molecule has 1 saturated heterocycles. The van der Waals surface area contributed by atoms with Crippen molar-refractivity contribution >= 4 is 40.4 Å². The molecule has 0 aromatic heterocycles. The molecule has 0 radical (unpaired) electrons. The minimum Gasteiger partial charge on any atom is -0.490 e. The van der Waals surface area contributed by atoms with Crippen LogP contribution in [0.5, 0.6) is 11.5 Å². The minimum atomic E-state index is -0.314. The largest absolute Gasteiger partial charge is 0.490 e. The van der Waals surface area contributed by atoms with Gasteiger partial charge in [0, 0.05) is 29.9 Å². The molecule has 0 bridgehead atoms. The topological polar surface area (TPSA) is 63.2 Å². The van der Waals surface area contributed by atoms with E-state index < -0.39 is 0 Å². The molecule has 35 heavy (non-hydrogen) atoms. The fourth-order valence-electron chi connectivity index (χ4n) is 3.86. The van der Waals surface area contributed by atoms with Crippen LogP contribution in [0.3, 0.4) is 0 Å². The zero-order valence-corrected chi connectivity index (χ0v) is 21.6. The summed E-state index contributed by atoms with van der Waals surface area (Å²) in [7, 11) is 0. The first-order valence-corrected chi connectivity index (χ1v) is 12.6. The highest BCUT2D eigenvalue weighted by molar-refractivity contribution is 14.1. The predicted molar refractivity (Wildman–Crippen MR) is 144 cm³/mol. The van der Waals surface area contributed by atoms with Crippen molar-refractivity contribution in [2.45, 2.75) is 26.4 Å². The van der Waals surface area contributed by atoms with E-state index in [4.69, 9.17) is 9.47 Å². The number of carbonyl (C=O) groups excluding carboxylic acids is 1. The van der Waals surface area contributed by atoms with Gasteiger partial charge < -0.3 is 14.4 Å². The maximum atomic E-state index is 14.0. The lowest BCUT2D eigenvalue weighted by Crippen LogP contribution is -2.19. The van der Waals surface area contributed by atoms with E-state index in [9.17, 15) is 9.18 Å². The molecule has 0 spiro atoms. The van der Waals surface area contributed by atoms with E-state index in [0.717, 1.165) is 27.9 Å². The van der Waals surface area contributed by atoms with Crippen molar-refractivity contribution in [2.75, 3.05) is 24.6 Å². The van der Waals surface area contributed by atoms with Crippen LogP contribution in [0.15, 0.2) is 65.8 Å². The van der Waals surface area contributed by atoms with Crippen LogP contribution in [-0.2, 0) is 6.61 Å². The fraction of sp³-hybridized carbons (Fsp3) is 0.259. The number of nitrogens with zero attached hydrogens (tertiary/aromatic N) is 2.